The van der Waals surface area contributed by atoms with E-state index in [1.807, 2.05) is 11.8 Å². The van der Waals surface area contributed by atoms with Gasteiger partial charge in [-0.25, -0.2) is 4.98 Å². The second-order valence-electron chi connectivity index (χ2n) is 5.88. The molecule has 0 amide bonds. The van der Waals surface area contributed by atoms with Crippen molar-refractivity contribution >= 4 is 44.1 Å². The highest BCUT2D eigenvalue weighted by Gasteiger charge is 2.03. The molecule has 132 valence electrons. The molecule has 0 bridgehead atoms. The van der Waals surface area contributed by atoms with Crippen LogP contribution in [0.25, 0.3) is 10.2 Å². The first-order chi connectivity index (χ1) is 12.2. The highest BCUT2D eigenvalue weighted by Crippen LogP contribution is 2.26. The van der Waals surface area contributed by atoms with E-state index >= 15 is 0 Å². The molecular weight excluding hydrogens is 348 g/mol. The molecule has 0 aliphatic heterocycles. The minimum absolute atomic E-state index is 0.729. The van der Waals surface area contributed by atoms with Gasteiger partial charge in [-0.15, -0.1) is 11.8 Å². The van der Waals surface area contributed by atoms with Crippen LogP contribution in [0.1, 0.15) is 11.1 Å². The number of nitrogens with one attached hydrogen (secondary N) is 2. The van der Waals surface area contributed by atoms with Gasteiger partial charge in [-0.3, -0.25) is 0 Å². The smallest absolute Gasteiger partial charge is 0.183 e. The molecule has 0 spiro atoms. The zero-order chi connectivity index (χ0) is 17.5. The Kier molecular flexibility index (Phi) is 6.55. The van der Waals surface area contributed by atoms with Gasteiger partial charge >= 0.3 is 0 Å². The van der Waals surface area contributed by atoms with Gasteiger partial charge in [0.1, 0.15) is 0 Å². The molecule has 3 aromatic rings. The molecule has 0 aliphatic rings. The van der Waals surface area contributed by atoms with Crippen molar-refractivity contribution in [2.24, 2.45) is 5.73 Å². The predicted octanol–water partition coefficient (Wildman–Crippen LogP) is 4.32. The number of anilines is 2. The molecule has 6 heteroatoms. The molecule has 4 N–H and O–H groups in total. The van der Waals surface area contributed by atoms with Gasteiger partial charge in [0.05, 0.1) is 16.1 Å². The number of hydrogen-bond donors (Lipinski definition) is 3. The van der Waals surface area contributed by atoms with Gasteiger partial charge < -0.3 is 16.4 Å². The Morgan fingerprint density at radius 3 is 2.76 bits per heavy atom. The van der Waals surface area contributed by atoms with Crippen molar-refractivity contribution in [2.45, 2.75) is 13.3 Å². The Morgan fingerprint density at radius 2 is 1.96 bits per heavy atom. The second-order valence-corrected chi connectivity index (χ2v) is 8.02. The Balaban J connectivity index is 1.46. The summed E-state index contributed by atoms with van der Waals surface area (Å²) < 4.78 is 1.24. The topological polar surface area (TPSA) is 63.0 Å². The lowest BCUT2D eigenvalue weighted by atomic mass is 10.1. The number of rotatable bonds is 9. The Hall–Kier alpha value is -1.76. The number of thioether (sulfide) groups is 1. The summed E-state index contributed by atoms with van der Waals surface area (Å²) in [7, 11) is 0. The predicted molar refractivity (Wildman–Crippen MR) is 113 cm³/mol. The summed E-state index contributed by atoms with van der Waals surface area (Å²) in [5.74, 6) is 1.89. The molecule has 0 saturated carbocycles. The molecule has 1 heterocycles. The summed E-state index contributed by atoms with van der Waals surface area (Å²) in [4.78, 5) is 4.63. The summed E-state index contributed by atoms with van der Waals surface area (Å²) in [6.45, 7) is 3.73. The van der Waals surface area contributed by atoms with Gasteiger partial charge in [-0.2, -0.15) is 0 Å². The van der Waals surface area contributed by atoms with Crippen molar-refractivity contribution in [2.75, 3.05) is 35.4 Å². The molecule has 25 heavy (non-hydrogen) atoms. The van der Waals surface area contributed by atoms with E-state index in [0.717, 1.165) is 47.5 Å². The second kappa shape index (κ2) is 9.08. The van der Waals surface area contributed by atoms with Crippen molar-refractivity contribution in [3.63, 3.8) is 0 Å². The van der Waals surface area contributed by atoms with E-state index in [0.29, 0.717) is 0 Å². The van der Waals surface area contributed by atoms with Crippen LogP contribution < -0.4 is 16.4 Å². The molecule has 1 aromatic heterocycles. The van der Waals surface area contributed by atoms with Crippen LogP contribution in [0.4, 0.5) is 10.8 Å². The maximum Gasteiger partial charge on any atom is 0.183 e. The van der Waals surface area contributed by atoms with Crippen LogP contribution in [-0.2, 0) is 6.42 Å². The average molecular weight is 373 g/mol. The van der Waals surface area contributed by atoms with Gasteiger partial charge in [0.2, 0.25) is 0 Å². The molecule has 0 aliphatic carbocycles. The third-order valence-electron chi connectivity index (χ3n) is 3.83. The van der Waals surface area contributed by atoms with E-state index in [-0.39, 0.29) is 0 Å². The number of hydrogen-bond acceptors (Lipinski definition) is 6. The van der Waals surface area contributed by atoms with Gasteiger partial charge in [-0.05, 0) is 48.7 Å². The first-order valence-electron chi connectivity index (χ1n) is 8.46. The van der Waals surface area contributed by atoms with Crippen LogP contribution in [0.15, 0.2) is 42.5 Å². The van der Waals surface area contributed by atoms with Gasteiger partial charge in [0.15, 0.2) is 5.13 Å². The van der Waals surface area contributed by atoms with E-state index in [4.69, 9.17) is 5.73 Å². The number of thiazole rings is 1. The van der Waals surface area contributed by atoms with Crippen LogP contribution in [0.2, 0.25) is 0 Å². The minimum Gasteiger partial charge on any atom is -0.376 e. The molecule has 2 aromatic carbocycles. The van der Waals surface area contributed by atoms with Crippen LogP contribution in [0.5, 0.6) is 0 Å². The largest absolute Gasteiger partial charge is 0.376 e. The number of fused-ring (bicyclic) bond motifs is 1. The number of aromatic nitrogens is 1. The molecular formula is C19H24N4S2. The molecule has 0 atom stereocenters. The third-order valence-corrected chi connectivity index (χ3v) is 5.68. The van der Waals surface area contributed by atoms with Gasteiger partial charge in [-0.1, -0.05) is 29.5 Å². The third kappa shape index (κ3) is 5.36. The minimum atomic E-state index is 0.729. The molecule has 0 radical (unpaired) electrons. The lowest BCUT2D eigenvalue weighted by Gasteiger charge is -2.07. The molecule has 4 nitrogen and oxygen atoms in total. The SMILES string of the molecule is Cc1ccc2nc(NCCc3ccc(NCSCCN)cc3)sc2c1. The first-order valence-corrected chi connectivity index (χ1v) is 10.4. The summed E-state index contributed by atoms with van der Waals surface area (Å²) in [6.07, 6.45) is 0.983. The van der Waals surface area contributed by atoms with Crippen LogP contribution >= 0.6 is 23.1 Å². The van der Waals surface area contributed by atoms with Crippen molar-refractivity contribution in [1.29, 1.82) is 0 Å². The van der Waals surface area contributed by atoms with E-state index in [2.05, 4.69) is 65.0 Å². The normalized spacial score (nSPS) is 11.0. The molecule has 0 fully saturated rings. The number of nitrogens with two attached hydrogens (primary N) is 1. The number of aryl methyl sites for hydroxylation is 1. The maximum absolute atomic E-state index is 5.49. The van der Waals surface area contributed by atoms with Gasteiger partial charge in [0, 0.05) is 24.5 Å². The van der Waals surface area contributed by atoms with Crippen LogP contribution in [-0.4, -0.2) is 29.7 Å². The Morgan fingerprint density at radius 1 is 1.12 bits per heavy atom. The van der Waals surface area contributed by atoms with E-state index in [1.165, 1.54) is 15.8 Å². The van der Waals surface area contributed by atoms with Crippen LogP contribution in [0, 0.1) is 6.92 Å². The number of nitrogens with zero attached hydrogens (tertiary/aromatic N) is 1. The van der Waals surface area contributed by atoms with Crippen molar-refractivity contribution in [1.82, 2.24) is 4.98 Å². The highest BCUT2D eigenvalue weighted by atomic mass is 32.2. The molecule has 3 rings (SSSR count). The van der Waals surface area contributed by atoms with Crippen molar-refractivity contribution in [3.05, 3.63) is 53.6 Å². The summed E-state index contributed by atoms with van der Waals surface area (Å²) in [5.41, 5.74) is 10.3. The fraction of sp³-hybridized carbons (Fsp3) is 0.316. The Bertz CT molecular complexity index is 799. The fourth-order valence-electron chi connectivity index (χ4n) is 2.50. The zero-order valence-electron chi connectivity index (χ0n) is 14.4. The number of benzene rings is 2. The van der Waals surface area contributed by atoms with Gasteiger partial charge in [0.25, 0.3) is 0 Å². The lowest BCUT2D eigenvalue weighted by molar-refractivity contribution is 1.02. The summed E-state index contributed by atoms with van der Waals surface area (Å²) in [5, 5.41) is 7.83. The van der Waals surface area contributed by atoms with Crippen molar-refractivity contribution in [3.8, 4) is 0 Å². The fourth-order valence-corrected chi connectivity index (χ4v) is 4.07. The molecule has 0 saturated heterocycles. The van der Waals surface area contributed by atoms with E-state index in [1.54, 1.807) is 11.3 Å². The highest BCUT2D eigenvalue weighted by molar-refractivity contribution is 7.99. The summed E-state index contributed by atoms with van der Waals surface area (Å²) >= 11 is 3.53. The van der Waals surface area contributed by atoms with Crippen molar-refractivity contribution < 1.29 is 0 Å². The molecule has 0 unspecified atom stereocenters. The van der Waals surface area contributed by atoms with E-state index < -0.39 is 0 Å². The maximum atomic E-state index is 5.49. The quantitative estimate of drug-likeness (QED) is 0.386. The Labute approximate surface area is 157 Å². The average Bonchev–Trinajstić information content (AvgIpc) is 3.02. The van der Waals surface area contributed by atoms with E-state index in [9.17, 15) is 0 Å². The monoisotopic (exact) mass is 372 g/mol. The summed E-state index contributed by atoms with van der Waals surface area (Å²) in [6, 6.07) is 15.0. The first kappa shape index (κ1) is 18.0. The standard InChI is InChI=1S/C19H24N4S2/c1-14-2-7-17-18(12-14)25-19(23-17)21-10-8-15-3-5-16(6-4-15)22-13-24-11-9-20/h2-7,12,22H,8-11,13,20H2,1H3,(H,21,23). The zero-order valence-corrected chi connectivity index (χ0v) is 16.1. The van der Waals surface area contributed by atoms with Crippen LogP contribution in [0.3, 0.4) is 0 Å². The lowest BCUT2D eigenvalue weighted by Crippen LogP contribution is -2.06.